The molecule has 4 heteroatoms. The third-order valence-corrected chi connectivity index (χ3v) is 2.17. The molecule has 0 aromatic heterocycles. The minimum absolute atomic E-state index is 0.0384. The molecule has 1 rings (SSSR count). The van der Waals surface area contributed by atoms with Crippen molar-refractivity contribution in [1.29, 1.82) is 0 Å². The van der Waals surface area contributed by atoms with E-state index in [4.69, 9.17) is 10.5 Å². The molecule has 2 unspecified atom stereocenters. The number of hydrogen-bond acceptors (Lipinski definition) is 3. The summed E-state index contributed by atoms with van der Waals surface area (Å²) >= 11 is 0. The zero-order valence-electron chi connectivity index (χ0n) is 10.3. The maximum absolute atomic E-state index is 11.4. The summed E-state index contributed by atoms with van der Waals surface area (Å²) in [6, 6.07) is 9.43. The molecule has 1 aromatic rings. The molecule has 94 valence electrons. The lowest BCUT2D eigenvalue weighted by molar-refractivity contribution is -0.121. The average Bonchev–Trinajstić information content (AvgIpc) is 2.27. The van der Waals surface area contributed by atoms with Crippen molar-refractivity contribution in [1.82, 2.24) is 5.32 Å². The van der Waals surface area contributed by atoms with Crippen LogP contribution in [0.25, 0.3) is 0 Å². The average molecular weight is 236 g/mol. The van der Waals surface area contributed by atoms with Gasteiger partial charge in [0.05, 0.1) is 6.54 Å². The number of rotatable bonds is 6. The number of hydrogen-bond donors (Lipinski definition) is 2. The lowest BCUT2D eigenvalue weighted by atomic mass is 10.2. The number of amides is 1. The van der Waals surface area contributed by atoms with Gasteiger partial charge in [0, 0.05) is 12.5 Å². The van der Waals surface area contributed by atoms with Crippen LogP contribution in [-0.2, 0) is 4.79 Å². The van der Waals surface area contributed by atoms with Crippen molar-refractivity contribution in [2.45, 2.75) is 32.4 Å². The SMILES string of the molecule is CC(N)CC(=O)NCC(C)Oc1ccccc1. The van der Waals surface area contributed by atoms with Crippen molar-refractivity contribution in [2.24, 2.45) is 5.73 Å². The van der Waals surface area contributed by atoms with E-state index in [-0.39, 0.29) is 18.1 Å². The first-order valence-corrected chi connectivity index (χ1v) is 5.82. The second-order valence-corrected chi connectivity index (χ2v) is 4.23. The minimum atomic E-state index is -0.111. The smallest absolute Gasteiger partial charge is 0.221 e. The standard InChI is InChI=1S/C13H20N2O2/c1-10(14)8-13(16)15-9-11(2)17-12-6-4-3-5-7-12/h3-7,10-11H,8-9,14H2,1-2H3,(H,15,16). The molecule has 17 heavy (non-hydrogen) atoms. The third-order valence-electron chi connectivity index (χ3n) is 2.17. The predicted molar refractivity (Wildman–Crippen MR) is 67.8 cm³/mol. The number of carbonyl (C=O) groups is 1. The number of ether oxygens (including phenoxy) is 1. The zero-order chi connectivity index (χ0) is 12.7. The van der Waals surface area contributed by atoms with Crippen LogP contribution < -0.4 is 15.8 Å². The summed E-state index contributed by atoms with van der Waals surface area (Å²) < 4.78 is 5.62. The van der Waals surface area contributed by atoms with Crippen LogP contribution in [0, 0.1) is 0 Å². The molecule has 1 aromatic carbocycles. The molecule has 0 aliphatic rings. The summed E-state index contributed by atoms with van der Waals surface area (Å²) in [5.74, 6) is 0.768. The Balaban J connectivity index is 2.26. The molecule has 0 aliphatic carbocycles. The highest BCUT2D eigenvalue weighted by atomic mass is 16.5. The van der Waals surface area contributed by atoms with E-state index in [9.17, 15) is 4.79 Å². The van der Waals surface area contributed by atoms with Crippen molar-refractivity contribution in [2.75, 3.05) is 6.54 Å². The molecule has 1 amide bonds. The van der Waals surface area contributed by atoms with E-state index in [2.05, 4.69) is 5.32 Å². The Labute approximate surface area is 102 Å². The highest BCUT2D eigenvalue weighted by molar-refractivity contribution is 5.76. The maximum Gasteiger partial charge on any atom is 0.221 e. The molecule has 0 bridgehead atoms. The van der Waals surface area contributed by atoms with Gasteiger partial charge in [-0.3, -0.25) is 4.79 Å². The van der Waals surface area contributed by atoms with E-state index >= 15 is 0 Å². The highest BCUT2D eigenvalue weighted by Gasteiger charge is 2.08. The summed E-state index contributed by atoms with van der Waals surface area (Å²) in [7, 11) is 0. The molecule has 3 N–H and O–H groups in total. The molecular formula is C13H20N2O2. The van der Waals surface area contributed by atoms with Crippen LogP contribution in [0.15, 0.2) is 30.3 Å². The molecular weight excluding hydrogens is 216 g/mol. The first-order valence-electron chi connectivity index (χ1n) is 5.82. The maximum atomic E-state index is 11.4. The van der Waals surface area contributed by atoms with Crippen LogP contribution in [0.1, 0.15) is 20.3 Å². The Bertz CT molecular complexity index is 339. The molecule has 0 saturated heterocycles. The molecule has 0 aliphatic heterocycles. The Morgan fingerprint density at radius 3 is 2.59 bits per heavy atom. The van der Waals surface area contributed by atoms with Gasteiger partial charge in [0.15, 0.2) is 0 Å². The predicted octanol–water partition coefficient (Wildman–Crippen LogP) is 1.31. The number of nitrogens with two attached hydrogens (primary N) is 1. The third kappa shape index (κ3) is 5.92. The van der Waals surface area contributed by atoms with Gasteiger partial charge in [-0.15, -0.1) is 0 Å². The summed E-state index contributed by atoms with van der Waals surface area (Å²) in [5.41, 5.74) is 5.53. The van der Waals surface area contributed by atoms with Gasteiger partial charge < -0.3 is 15.8 Å². The van der Waals surface area contributed by atoms with E-state index in [0.29, 0.717) is 13.0 Å². The molecule has 0 heterocycles. The van der Waals surface area contributed by atoms with E-state index < -0.39 is 0 Å². The monoisotopic (exact) mass is 236 g/mol. The van der Waals surface area contributed by atoms with Crippen LogP contribution in [0.5, 0.6) is 5.75 Å². The van der Waals surface area contributed by atoms with Gasteiger partial charge in [-0.2, -0.15) is 0 Å². The number of para-hydroxylation sites is 1. The van der Waals surface area contributed by atoms with Crippen LogP contribution >= 0.6 is 0 Å². The minimum Gasteiger partial charge on any atom is -0.489 e. The molecule has 0 spiro atoms. The van der Waals surface area contributed by atoms with E-state index in [0.717, 1.165) is 5.75 Å². The topological polar surface area (TPSA) is 64.4 Å². The number of benzene rings is 1. The van der Waals surface area contributed by atoms with Crippen molar-refractivity contribution in [3.63, 3.8) is 0 Å². The van der Waals surface area contributed by atoms with Gasteiger partial charge in [-0.25, -0.2) is 0 Å². The van der Waals surface area contributed by atoms with Crippen LogP contribution in [0.3, 0.4) is 0 Å². The van der Waals surface area contributed by atoms with E-state index in [1.807, 2.05) is 44.2 Å². The fourth-order valence-electron chi connectivity index (χ4n) is 1.40. The van der Waals surface area contributed by atoms with Crippen molar-refractivity contribution >= 4 is 5.91 Å². The van der Waals surface area contributed by atoms with E-state index in [1.165, 1.54) is 0 Å². The fraction of sp³-hybridized carbons (Fsp3) is 0.462. The number of nitrogens with one attached hydrogen (secondary N) is 1. The summed E-state index contributed by atoms with van der Waals surface area (Å²) in [5, 5.41) is 2.79. The Hall–Kier alpha value is -1.55. The normalized spacial score (nSPS) is 13.8. The van der Waals surface area contributed by atoms with Gasteiger partial charge >= 0.3 is 0 Å². The van der Waals surface area contributed by atoms with Crippen LogP contribution in [0.2, 0.25) is 0 Å². The molecule has 2 atom stereocenters. The lowest BCUT2D eigenvalue weighted by Crippen LogP contribution is -2.36. The van der Waals surface area contributed by atoms with Crippen LogP contribution in [0.4, 0.5) is 0 Å². The van der Waals surface area contributed by atoms with Crippen molar-refractivity contribution in [3.8, 4) is 5.75 Å². The zero-order valence-corrected chi connectivity index (χ0v) is 10.3. The van der Waals surface area contributed by atoms with E-state index in [1.54, 1.807) is 0 Å². The Kier molecular flexibility index (Phi) is 5.49. The second-order valence-electron chi connectivity index (χ2n) is 4.23. The largest absolute Gasteiger partial charge is 0.489 e. The Morgan fingerprint density at radius 1 is 1.35 bits per heavy atom. The summed E-state index contributed by atoms with van der Waals surface area (Å²) in [6.45, 7) is 4.21. The lowest BCUT2D eigenvalue weighted by Gasteiger charge is -2.15. The van der Waals surface area contributed by atoms with Gasteiger partial charge in [-0.1, -0.05) is 18.2 Å². The molecule has 4 nitrogen and oxygen atoms in total. The van der Waals surface area contributed by atoms with Crippen molar-refractivity contribution in [3.05, 3.63) is 30.3 Å². The number of carbonyl (C=O) groups excluding carboxylic acids is 1. The fourth-order valence-corrected chi connectivity index (χ4v) is 1.40. The summed E-state index contributed by atoms with van der Waals surface area (Å²) in [6.07, 6.45) is 0.285. The Morgan fingerprint density at radius 2 is 2.00 bits per heavy atom. The summed E-state index contributed by atoms with van der Waals surface area (Å²) in [4.78, 5) is 11.4. The van der Waals surface area contributed by atoms with Gasteiger partial charge in [0.1, 0.15) is 11.9 Å². The van der Waals surface area contributed by atoms with Crippen LogP contribution in [-0.4, -0.2) is 24.6 Å². The molecule has 0 radical (unpaired) electrons. The molecule has 0 fully saturated rings. The van der Waals surface area contributed by atoms with Gasteiger partial charge in [0.2, 0.25) is 5.91 Å². The van der Waals surface area contributed by atoms with Gasteiger partial charge in [0.25, 0.3) is 0 Å². The quantitative estimate of drug-likeness (QED) is 0.782. The van der Waals surface area contributed by atoms with Gasteiger partial charge in [-0.05, 0) is 26.0 Å². The first-order chi connectivity index (χ1) is 8.08. The molecule has 0 saturated carbocycles. The van der Waals surface area contributed by atoms with Crippen molar-refractivity contribution < 1.29 is 9.53 Å². The second kappa shape index (κ2) is 6.91. The first kappa shape index (κ1) is 13.5. The highest BCUT2D eigenvalue weighted by Crippen LogP contribution is 2.10.